The molecule has 0 saturated heterocycles. The van der Waals surface area contributed by atoms with Crippen LogP contribution < -0.4 is 10.6 Å². The van der Waals surface area contributed by atoms with E-state index in [1.807, 2.05) is 0 Å². The van der Waals surface area contributed by atoms with Crippen molar-refractivity contribution in [3.63, 3.8) is 0 Å². The summed E-state index contributed by atoms with van der Waals surface area (Å²) in [4.78, 5) is 18.8. The average Bonchev–Trinajstić information content (AvgIpc) is 2.04. The van der Waals surface area contributed by atoms with Gasteiger partial charge in [-0.3, -0.25) is 14.8 Å². The van der Waals surface area contributed by atoms with Gasteiger partial charge in [-0.05, 0) is 12.1 Å². The second-order valence-electron chi connectivity index (χ2n) is 2.36. The molecule has 0 aromatic carbocycles. The van der Waals surface area contributed by atoms with Crippen LogP contribution in [0.1, 0.15) is 0 Å². The number of aromatic nitrogens is 1. The molecule has 12 heavy (non-hydrogen) atoms. The van der Waals surface area contributed by atoms with Gasteiger partial charge in [0.05, 0.1) is 5.36 Å². The van der Waals surface area contributed by atoms with E-state index in [1.165, 1.54) is 0 Å². The van der Waals surface area contributed by atoms with E-state index in [2.05, 4.69) is 9.98 Å². The normalized spacial score (nSPS) is 13.5. The van der Waals surface area contributed by atoms with Crippen molar-refractivity contribution in [2.75, 3.05) is 6.54 Å². The Kier molecular flexibility index (Phi) is 2.55. The van der Waals surface area contributed by atoms with Gasteiger partial charge in [0.2, 0.25) is 0 Å². The van der Waals surface area contributed by atoms with E-state index in [1.54, 1.807) is 24.5 Å². The van der Waals surface area contributed by atoms with Crippen molar-refractivity contribution in [2.24, 2.45) is 4.99 Å². The van der Waals surface area contributed by atoms with Gasteiger partial charge in [0.25, 0.3) is 0 Å². The van der Waals surface area contributed by atoms with Gasteiger partial charge in [0.1, 0.15) is 6.54 Å². The highest BCUT2D eigenvalue weighted by atomic mass is 35.5. The Labute approximate surface area is 75.3 Å². The summed E-state index contributed by atoms with van der Waals surface area (Å²) in [6.07, 6.45) is 4.90. The molecule has 1 aliphatic heterocycles. The molecule has 0 fully saturated rings. The summed E-state index contributed by atoms with van der Waals surface area (Å²) in [5.41, 5.74) is 0. The van der Waals surface area contributed by atoms with Crippen molar-refractivity contribution in [3.05, 3.63) is 29.0 Å². The summed E-state index contributed by atoms with van der Waals surface area (Å²) in [7, 11) is 0. The number of pyridine rings is 1. The predicted octanol–water partition coefficient (Wildman–Crippen LogP) is -0.514. The monoisotopic (exact) mass is 182 g/mol. The van der Waals surface area contributed by atoms with Crippen LogP contribution in [0, 0.1) is 0 Å². The summed E-state index contributed by atoms with van der Waals surface area (Å²) in [5, 5.41) is 1.68. The number of Topliss-reactive ketones (excluding diaryl/α,β-unsaturated/α-hetero) is 1. The molecule has 2 heterocycles. The van der Waals surface area contributed by atoms with E-state index >= 15 is 0 Å². The second kappa shape index (κ2) is 3.45. The largest absolute Gasteiger partial charge is 0.293 e. The molecule has 0 unspecified atom stereocenters. The van der Waals surface area contributed by atoms with Crippen molar-refractivity contribution < 1.29 is 4.79 Å². The van der Waals surface area contributed by atoms with E-state index in [4.69, 9.17) is 0 Å². The first kappa shape index (κ1) is 8.87. The van der Waals surface area contributed by atoms with Crippen molar-refractivity contribution in [2.45, 2.75) is 0 Å². The van der Waals surface area contributed by atoms with E-state index in [0.29, 0.717) is 0 Å². The molecule has 0 radical (unpaired) electrons. The van der Waals surface area contributed by atoms with Crippen LogP contribution in [-0.2, 0) is 4.79 Å². The Balaban J connectivity index is 0.000000720. The van der Waals surface area contributed by atoms with Gasteiger partial charge in [0, 0.05) is 17.6 Å². The van der Waals surface area contributed by atoms with Crippen LogP contribution in [0.4, 0.5) is 0 Å². The standard InChI is InChI=1S/C8H6N2O.ClH/c11-7-3-6-4-9-2-1-8(6)10-5-7;/h1-4H,5H2;1H. The van der Waals surface area contributed by atoms with E-state index in [9.17, 15) is 4.79 Å². The minimum absolute atomic E-state index is 0. The van der Waals surface area contributed by atoms with Gasteiger partial charge >= 0.3 is 0 Å². The van der Waals surface area contributed by atoms with Crippen molar-refractivity contribution in [1.82, 2.24) is 4.98 Å². The van der Waals surface area contributed by atoms with Crippen LogP contribution >= 0.6 is 12.4 Å². The molecule has 1 aromatic rings. The van der Waals surface area contributed by atoms with Gasteiger partial charge < -0.3 is 0 Å². The number of carbonyl (C=O) groups is 1. The molecule has 0 amide bonds. The highest BCUT2D eigenvalue weighted by Crippen LogP contribution is 1.80. The predicted molar refractivity (Wildman–Crippen MR) is 46.6 cm³/mol. The highest BCUT2D eigenvalue weighted by molar-refractivity contribution is 6.07. The van der Waals surface area contributed by atoms with E-state index < -0.39 is 0 Å². The molecule has 3 nitrogen and oxygen atoms in total. The maximum Gasteiger partial charge on any atom is 0.177 e. The first-order valence-corrected chi connectivity index (χ1v) is 3.35. The Morgan fingerprint density at radius 1 is 1.42 bits per heavy atom. The van der Waals surface area contributed by atoms with E-state index in [-0.39, 0.29) is 24.7 Å². The van der Waals surface area contributed by atoms with Crippen LogP contribution in [0.15, 0.2) is 23.5 Å². The Hall–Kier alpha value is -1.22. The molecule has 1 aromatic heterocycles. The van der Waals surface area contributed by atoms with Crippen LogP contribution in [0.5, 0.6) is 0 Å². The lowest BCUT2D eigenvalue weighted by molar-refractivity contribution is -0.112. The van der Waals surface area contributed by atoms with Crippen LogP contribution in [0.2, 0.25) is 0 Å². The number of ketones is 1. The van der Waals surface area contributed by atoms with Crippen molar-refractivity contribution in [1.29, 1.82) is 0 Å². The summed E-state index contributed by atoms with van der Waals surface area (Å²) in [5.74, 6) is 0.0468. The smallest absolute Gasteiger partial charge is 0.177 e. The van der Waals surface area contributed by atoms with Gasteiger partial charge in [-0.2, -0.15) is 0 Å². The number of halogens is 1. The molecule has 1 aliphatic rings. The van der Waals surface area contributed by atoms with Gasteiger partial charge in [0.15, 0.2) is 5.78 Å². The highest BCUT2D eigenvalue weighted by Gasteiger charge is 2.00. The fourth-order valence-electron chi connectivity index (χ4n) is 1.04. The summed E-state index contributed by atoms with van der Waals surface area (Å²) >= 11 is 0. The molecule has 0 atom stereocenters. The van der Waals surface area contributed by atoms with Gasteiger partial charge in [-0.1, -0.05) is 0 Å². The number of rotatable bonds is 0. The summed E-state index contributed by atoms with van der Waals surface area (Å²) < 4.78 is 0. The number of nitrogens with zero attached hydrogens (tertiary/aromatic N) is 2. The number of fused-ring (bicyclic) bond motifs is 1. The lowest BCUT2D eigenvalue weighted by atomic mass is 10.2. The Morgan fingerprint density at radius 3 is 3.08 bits per heavy atom. The topological polar surface area (TPSA) is 42.3 Å². The molecule has 0 spiro atoms. The number of carbonyl (C=O) groups excluding carboxylic acids is 1. The molecule has 0 aliphatic carbocycles. The van der Waals surface area contributed by atoms with Crippen molar-refractivity contribution >= 4 is 24.3 Å². The summed E-state index contributed by atoms with van der Waals surface area (Å²) in [6, 6.07) is 1.80. The second-order valence-corrected chi connectivity index (χ2v) is 2.36. The number of hydrogen-bond acceptors (Lipinski definition) is 3. The van der Waals surface area contributed by atoms with Crippen LogP contribution in [0.25, 0.3) is 6.08 Å². The maximum absolute atomic E-state index is 10.8. The zero-order valence-corrected chi connectivity index (χ0v) is 7.04. The zero-order chi connectivity index (χ0) is 7.68. The first-order valence-electron chi connectivity index (χ1n) is 3.35. The minimum atomic E-state index is 0. The third kappa shape index (κ3) is 1.51. The third-order valence-electron chi connectivity index (χ3n) is 1.55. The first-order chi connectivity index (χ1) is 5.36. The molecule has 62 valence electrons. The summed E-state index contributed by atoms with van der Waals surface area (Å²) in [6.45, 7) is 0.275. The molecule has 0 saturated carbocycles. The minimum Gasteiger partial charge on any atom is -0.293 e. The third-order valence-corrected chi connectivity index (χ3v) is 1.55. The van der Waals surface area contributed by atoms with Crippen LogP contribution in [-0.4, -0.2) is 17.3 Å². The lowest BCUT2D eigenvalue weighted by Gasteiger charge is -1.95. The van der Waals surface area contributed by atoms with Crippen LogP contribution in [0.3, 0.4) is 0 Å². The Morgan fingerprint density at radius 2 is 2.25 bits per heavy atom. The molecular formula is C8H7ClN2O. The van der Waals surface area contributed by atoms with E-state index in [0.717, 1.165) is 10.6 Å². The SMILES string of the molecule is Cl.O=C1C=c2cnccc2=NC1. The van der Waals surface area contributed by atoms with Gasteiger partial charge in [-0.15, -0.1) is 12.4 Å². The molecule has 0 bridgehead atoms. The molecule has 2 rings (SSSR count). The van der Waals surface area contributed by atoms with Crippen molar-refractivity contribution in [3.8, 4) is 0 Å². The number of hydrogen-bond donors (Lipinski definition) is 0. The molecule has 0 N–H and O–H groups in total. The quantitative estimate of drug-likeness (QED) is 0.542. The fraction of sp³-hybridized carbons (Fsp3) is 0.125. The Bertz CT molecular complexity index is 413. The molecular weight excluding hydrogens is 176 g/mol. The maximum atomic E-state index is 10.8. The zero-order valence-electron chi connectivity index (χ0n) is 6.23. The molecule has 4 heteroatoms. The van der Waals surface area contributed by atoms with Gasteiger partial charge in [-0.25, -0.2) is 0 Å². The average molecular weight is 183 g/mol. The fourth-order valence-corrected chi connectivity index (χ4v) is 1.04. The lowest BCUT2D eigenvalue weighted by Crippen LogP contribution is -2.31.